The molecule has 8 aromatic rings. The highest BCUT2D eigenvalue weighted by Gasteiger charge is 2.20. The summed E-state index contributed by atoms with van der Waals surface area (Å²) < 4.78 is 2.59. The standard InChI is InChI=1S/C42H29NS/c1-4-12-30(13-5-1)32-20-22-33(23-21-32)34-24-26-37(27-25-34)43(36-16-8-3-9-17-36)40-29-35(31-14-6-2-7-15-31)28-39-38-18-10-11-19-41(38)44-42(39)40/h1-29H. The summed E-state index contributed by atoms with van der Waals surface area (Å²) in [6.45, 7) is 0. The van der Waals surface area contributed by atoms with Crippen molar-refractivity contribution >= 4 is 48.6 Å². The number of rotatable bonds is 6. The van der Waals surface area contributed by atoms with Crippen molar-refractivity contribution in [1.82, 2.24) is 0 Å². The van der Waals surface area contributed by atoms with Crippen molar-refractivity contribution in [2.45, 2.75) is 0 Å². The number of fused-ring (bicyclic) bond motifs is 3. The maximum Gasteiger partial charge on any atom is 0.0646 e. The van der Waals surface area contributed by atoms with E-state index in [-0.39, 0.29) is 0 Å². The van der Waals surface area contributed by atoms with Gasteiger partial charge in [-0.15, -0.1) is 11.3 Å². The van der Waals surface area contributed by atoms with Crippen LogP contribution in [0.15, 0.2) is 176 Å². The average Bonchev–Trinajstić information content (AvgIpc) is 3.49. The summed E-state index contributed by atoms with van der Waals surface area (Å²) in [6.07, 6.45) is 0. The molecule has 0 aliphatic rings. The molecule has 208 valence electrons. The predicted octanol–water partition coefficient (Wildman–Crippen LogP) is 12.5. The number of benzene rings is 7. The molecule has 0 atom stereocenters. The summed E-state index contributed by atoms with van der Waals surface area (Å²) in [5.74, 6) is 0. The van der Waals surface area contributed by atoms with E-state index >= 15 is 0 Å². The van der Waals surface area contributed by atoms with Crippen molar-refractivity contribution in [3.05, 3.63) is 176 Å². The molecular weight excluding hydrogens is 551 g/mol. The van der Waals surface area contributed by atoms with Gasteiger partial charge in [-0.1, -0.05) is 133 Å². The predicted molar refractivity (Wildman–Crippen MR) is 190 cm³/mol. The molecule has 0 aliphatic carbocycles. The van der Waals surface area contributed by atoms with Crippen LogP contribution in [-0.2, 0) is 0 Å². The van der Waals surface area contributed by atoms with E-state index in [0.29, 0.717) is 0 Å². The second-order valence-electron chi connectivity index (χ2n) is 11.0. The van der Waals surface area contributed by atoms with Gasteiger partial charge in [0.25, 0.3) is 0 Å². The van der Waals surface area contributed by atoms with E-state index < -0.39 is 0 Å². The van der Waals surface area contributed by atoms with E-state index in [1.807, 2.05) is 11.3 Å². The van der Waals surface area contributed by atoms with Gasteiger partial charge < -0.3 is 4.90 Å². The molecule has 0 bridgehead atoms. The molecule has 44 heavy (non-hydrogen) atoms. The summed E-state index contributed by atoms with van der Waals surface area (Å²) >= 11 is 1.87. The first-order valence-electron chi connectivity index (χ1n) is 14.9. The van der Waals surface area contributed by atoms with Gasteiger partial charge in [-0.3, -0.25) is 0 Å². The molecule has 0 N–H and O–H groups in total. The smallest absolute Gasteiger partial charge is 0.0646 e. The van der Waals surface area contributed by atoms with Crippen LogP contribution < -0.4 is 4.90 Å². The molecule has 1 nitrogen and oxygen atoms in total. The van der Waals surface area contributed by atoms with Gasteiger partial charge in [0, 0.05) is 26.8 Å². The van der Waals surface area contributed by atoms with E-state index in [1.165, 1.54) is 59.2 Å². The van der Waals surface area contributed by atoms with Crippen LogP contribution in [0.4, 0.5) is 17.1 Å². The largest absolute Gasteiger partial charge is 0.309 e. The Bertz CT molecular complexity index is 2180. The SMILES string of the molecule is c1ccc(-c2ccc(-c3ccc(N(c4ccccc4)c4cc(-c5ccccc5)cc5c4sc4ccccc45)cc3)cc2)cc1. The lowest BCUT2D eigenvalue weighted by Crippen LogP contribution is -2.10. The normalized spacial score (nSPS) is 11.2. The number of anilines is 3. The quantitative estimate of drug-likeness (QED) is 0.189. The van der Waals surface area contributed by atoms with Gasteiger partial charge in [0.05, 0.1) is 10.4 Å². The Kier molecular flexibility index (Phi) is 6.75. The molecule has 0 unspecified atom stereocenters. The van der Waals surface area contributed by atoms with Crippen LogP contribution in [0.3, 0.4) is 0 Å². The zero-order valence-corrected chi connectivity index (χ0v) is 24.9. The van der Waals surface area contributed by atoms with E-state index in [4.69, 9.17) is 0 Å². The molecule has 0 spiro atoms. The second kappa shape index (κ2) is 11.3. The van der Waals surface area contributed by atoms with Crippen molar-refractivity contribution in [3.63, 3.8) is 0 Å². The highest BCUT2D eigenvalue weighted by molar-refractivity contribution is 7.26. The average molecular weight is 580 g/mol. The highest BCUT2D eigenvalue weighted by Crippen LogP contribution is 2.47. The first-order valence-corrected chi connectivity index (χ1v) is 15.8. The summed E-state index contributed by atoms with van der Waals surface area (Å²) in [7, 11) is 0. The number of nitrogens with zero attached hydrogens (tertiary/aromatic N) is 1. The maximum atomic E-state index is 2.41. The Labute approximate surface area is 261 Å². The van der Waals surface area contributed by atoms with Crippen molar-refractivity contribution in [1.29, 1.82) is 0 Å². The molecule has 2 heteroatoms. The number of hydrogen-bond donors (Lipinski definition) is 0. The third-order valence-electron chi connectivity index (χ3n) is 8.27. The summed E-state index contributed by atoms with van der Waals surface area (Å²) in [4.78, 5) is 2.41. The van der Waals surface area contributed by atoms with Gasteiger partial charge >= 0.3 is 0 Å². The van der Waals surface area contributed by atoms with Gasteiger partial charge in [-0.25, -0.2) is 0 Å². The molecule has 0 saturated heterocycles. The minimum Gasteiger partial charge on any atom is -0.309 e. The molecule has 0 amide bonds. The molecule has 0 saturated carbocycles. The Hall–Kier alpha value is -5.44. The lowest BCUT2D eigenvalue weighted by atomic mass is 9.99. The molecule has 1 aromatic heterocycles. The van der Waals surface area contributed by atoms with Crippen molar-refractivity contribution < 1.29 is 0 Å². The molecule has 7 aromatic carbocycles. The Balaban J connectivity index is 1.27. The topological polar surface area (TPSA) is 3.24 Å². The Morgan fingerprint density at radius 1 is 0.341 bits per heavy atom. The zero-order chi connectivity index (χ0) is 29.3. The van der Waals surface area contributed by atoms with E-state index in [2.05, 4.69) is 181 Å². The number of para-hydroxylation sites is 1. The summed E-state index contributed by atoms with van der Waals surface area (Å²) in [5, 5.41) is 2.59. The van der Waals surface area contributed by atoms with Crippen LogP contribution in [0.2, 0.25) is 0 Å². The summed E-state index contributed by atoms with van der Waals surface area (Å²) in [5.41, 5.74) is 10.8. The van der Waals surface area contributed by atoms with E-state index in [9.17, 15) is 0 Å². The van der Waals surface area contributed by atoms with E-state index in [1.54, 1.807) is 0 Å². The van der Waals surface area contributed by atoms with Crippen LogP contribution in [-0.4, -0.2) is 0 Å². The Morgan fingerprint density at radius 3 is 1.41 bits per heavy atom. The third kappa shape index (κ3) is 4.86. The van der Waals surface area contributed by atoms with Gasteiger partial charge in [-0.2, -0.15) is 0 Å². The van der Waals surface area contributed by atoms with Crippen molar-refractivity contribution in [3.8, 4) is 33.4 Å². The van der Waals surface area contributed by atoms with Crippen molar-refractivity contribution in [2.24, 2.45) is 0 Å². The molecule has 0 radical (unpaired) electrons. The van der Waals surface area contributed by atoms with Gasteiger partial charge in [0.15, 0.2) is 0 Å². The first-order chi connectivity index (χ1) is 21.8. The van der Waals surface area contributed by atoms with Crippen LogP contribution in [0.5, 0.6) is 0 Å². The molecule has 1 heterocycles. The first kappa shape index (κ1) is 26.2. The third-order valence-corrected chi connectivity index (χ3v) is 9.48. The number of hydrogen-bond acceptors (Lipinski definition) is 2. The fraction of sp³-hybridized carbons (Fsp3) is 0. The lowest BCUT2D eigenvalue weighted by Gasteiger charge is -2.27. The molecule has 0 fully saturated rings. The van der Waals surface area contributed by atoms with E-state index in [0.717, 1.165) is 11.4 Å². The summed E-state index contributed by atoms with van der Waals surface area (Å²) in [6, 6.07) is 63.3. The molecule has 8 rings (SSSR count). The minimum atomic E-state index is 1.13. The minimum absolute atomic E-state index is 1.13. The Morgan fingerprint density at radius 2 is 0.795 bits per heavy atom. The maximum absolute atomic E-state index is 2.41. The fourth-order valence-corrected chi connectivity index (χ4v) is 7.25. The number of thiophene rings is 1. The van der Waals surface area contributed by atoms with Gasteiger partial charge in [0.1, 0.15) is 0 Å². The van der Waals surface area contributed by atoms with Crippen LogP contribution >= 0.6 is 11.3 Å². The molecular formula is C42H29NS. The fourth-order valence-electron chi connectivity index (χ4n) is 6.07. The van der Waals surface area contributed by atoms with Crippen LogP contribution in [0.25, 0.3) is 53.6 Å². The van der Waals surface area contributed by atoms with Crippen LogP contribution in [0, 0.1) is 0 Å². The lowest BCUT2D eigenvalue weighted by molar-refractivity contribution is 1.30. The zero-order valence-electron chi connectivity index (χ0n) is 24.1. The van der Waals surface area contributed by atoms with Crippen LogP contribution in [0.1, 0.15) is 0 Å². The second-order valence-corrected chi connectivity index (χ2v) is 12.0. The monoisotopic (exact) mass is 579 g/mol. The van der Waals surface area contributed by atoms with Gasteiger partial charge in [0.2, 0.25) is 0 Å². The molecule has 0 aliphatic heterocycles. The van der Waals surface area contributed by atoms with Crippen molar-refractivity contribution in [2.75, 3.05) is 4.90 Å². The van der Waals surface area contributed by atoms with Gasteiger partial charge in [-0.05, 0) is 75.8 Å². The highest BCUT2D eigenvalue weighted by atomic mass is 32.1.